The second kappa shape index (κ2) is 11.1. The Balaban J connectivity index is 1.28. The molecule has 3 aromatic carbocycles. The Bertz CT molecular complexity index is 1360. The van der Waals surface area contributed by atoms with Crippen molar-refractivity contribution in [1.29, 1.82) is 0 Å². The number of imidazole rings is 1. The number of unbranched alkanes of at least 4 members (excludes halogenated alkanes) is 1. The van der Waals surface area contributed by atoms with E-state index in [0.717, 1.165) is 64.1 Å². The predicted molar refractivity (Wildman–Crippen MR) is 149 cm³/mol. The molecule has 184 valence electrons. The molecule has 4 aromatic rings. The molecule has 1 aliphatic rings. The minimum absolute atomic E-state index is 0.0653. The van der Waals surface area contributed by atoms with Crippen molar-refractivity contribution < 1.29 is 9.53 Å². The molecule has 6 heteroatoms. The number of nitrogens with zero attached hydrogens (tertiary/aromatic N) is 3. The van der Waals surface area contributed by atoms with Gasteiger partial charge in [-0.25, -0.2) is 4.98 Å². The van der Waals surface area contributed by atoms with Gasteiger partial charge in [0.15, 0.2) is 0 Å². The van der Waals surface area contributed by atoms with Crippen LogP contribution in [0.4, 0.5) is 5.69 Å². The van der Waals surface area contributed by atoms with Gasteiger partial charge in [0.25, 0.3) is 0 Å². The van der Waals surface area contributed by atoms with Crippen LogP contribution >= 0.6 is 15.9 Å². The summed E-state index contributed by atoms with van der Waals surface area (Å²) in [4.78, 5) is 19.8. The van der Waals surface area contributed by atoms with Gasteiger partial charge >= 0.3 is 0 Å². The van der Waals surface area contributed by atoms with Gasteiger partial charge in [-0.1, -0.05) is 52.3 Å². The lowest BCUT2D eigenvalue weighted by molar-refractivity contribution is -0.117. The molecule has 1 saturated heterocycles. The third-order valence-corrected chi connectivity index (χ3v) is 7.21. The zero-order valence-corrected chi connectivity index (χ0v) is 21.9. The smallest absolute Gasteiger partial charge is 0.227 e. The van der Waals surface area contributed by atoms with Crippen LogP contribution in [0.25, 0.3) is 11.0 Å². The summed E-state index contributed by atoms with van der Waals surface area (Å²) in [6, 6.07) is 24.3. The van der Waals surface area contributed by atoms with Crippen molar-refractivity contribution in [2.75, 3.05) is 18.1 Å². The summed E-state index contributed by atoms with van der Waals surface area (Å²) in [5, 5.41) is 0. The Labute approximate surface area is 220 Å². The van der Waals surface area contributed by atoms with Crippen molar-refractivity contribution in [3.8, 4) is 5.75 Å². The molecule has 5 rings (SSSR count). The summed E-state index contributed by atoms with van der Waals surface area (Å²) in [5.74, 6) is 2.15. The molecule has 0 bridgehead atoms. The van der Waals surface area contributed by atoms with Gasteiger partial charge in [-0.15, -0.1) is 6.58 Å². The lowest BCUT2D eigenvalue weighted by Gasteiger charge is -2.17. The Hall–Kier alpha value is -3.38. The molecule has 1 amide bonds. The molecule has 0 radical (unpaired) electrons. The third kappa shape index (κ3) is 5.24. The summed E-state index contributed by atoms with van der Waals surface area (Å²) < 4.78 is 9.40. The number of ether oxygens (including phenoxy) is 1. The first-order valence-corrected chi connectivity index (χ1v) is 13.3. The highest BCUT2D eigenvalue weighted by atomic mass is 79.9. The molecule has 1 aromatic heterocycles. The van der Waals surface area contributed by atoms with E-state index in [-0.39, 0.29) is 11.8 Å². The molecule has 0 aliphatic carbocycles. The number of aromatic nitrogens is 2. The van der Waals surface area contributed by atoms with Crippen molar-refractivity contribution in [3.05, 3.63) is 101 Å². The number of carbonyl (C=O) groups is 1. The first-order valence-electron chi connectivity index (χ1n) is 12.5. The predicted octanol–water partition coefficient (Wildman–Crippen LogP) is 6.91. The van der Waals surface area contributed by atoms with Crippen molar-refractivity contribution in [2.45, 2.75) is 38.1 Å². The number of allylic oxidation sites excluding steroid dienone is 1. The molecule has 2 heterocycles. The first-order chi connectivity index (χ1) is 17.6. The number of fused-ring (bicyclic) bond motifs is 1. The van der Waals surface area contributed by atoms with Crippen molar-refractivity contribution in [2.24, 2.45) is 0 Å². The molecule has 36 heavy (non-hydrogen) atoms. The van der Waals surface area contributed by atoms with Crippen LogP contribution in [-0.2, 0) is 17.8 Å². The summed E-state index contributed by atoms with van der Waals surface area (Å²) in [7, 11) is 0. The largest absolute Gasteiger partial charge is 0.493 e. The SMILES string of the molecule is C=CCc1ccccc1OCCCCn1c(C2CC(=O)N(c3ccc(Br)cc3)C2)nc2ccccc21. The van der Waals surface area contributed by atoms with Gasteiger partial charge in [-0.3, -0.25) is 4.79 Å². The summed E-state index contributed by atoms with van der Waals surface area (Å²) >= 11 is 3.48. The maximum absolute atomic E-state index is 12.9. The quantitative estimate of drug-likeness (QED) is 0.161. The monoisotopic (exact) mass is 543 g/mol. The summed E-state index contributed by atoms with van der Waals surface area (Å²) in [5.41, 5.74) is 4.20. The van der Waals surface area contributed by atoms with E-state index in [4.69, 9.17) is 9.72 Å². The molecular formula is C30H30BrN3O2. The minimum atomic E-state index is 0.0653. The Morgan fingerprint density at radius 2 is 1.81 bits per heavy atom. The van der Waals surface area contributed by atoms with Gasteiger partial charge in [0.1, 0.15) is 11.6 Å². The van der Waals surface area contributed by atoms with E-state index in [1.54, 1.807) is 0 Å². The lowest BCUT2D eigenvalue weighted by atomic mass is 10.1. The van der Waals surface area contributed by atoms with Crippen LogP contribution in [-0.4, -0.2) is 28.6 Å². The van der Waals surface area contributed by atoms with E-state index < -0.39 is 0 Å². The fourth-order valence-electron chi connectivity index (χ4n) is 4.91. The van der Waals surface area contributed by atoms with Gasteiger partial charge in [-0.2, -0.15) is 0 Å². The van der Waals surface area contributed by atoms with E-state index in [0.29, 0.717) is 19.6 Å². The number of para-hydroxylation sites is 3. The van der Waals surface area contributed by atoms with Gasteiger partial charge in [0.2, 0.25) is 5.91 Å². The second-order valence-corrected chi connectivity index (χ2v) is 10.1. The summed E-state index contributed by atoms with van der Waals surface area (Å²) in [6.45, 7) is 5.99. The maximum Gasteiger partial charge on any atom is 0.227 e. The van der Waals surface area contributed by atoms with Crippen molar-refractivity contribution >= 4 is 38.6 Å². The van der Waals surface area contributed by atoms with Crippen LogP contribution in [0.5, 0.6) is 5.75 Å². The van der Waals surface area contributed by atoms with E-state index in [1.807, 2.05) is 59.5 Å². The molecular weight excluding hydrogens is 514 g/mol. The number of hydrogen-bond acceptors (Lipinski definition) is 3. The molecule has 1 atom stereocenters. The molecule has 1 unspecified atom stereocenters. The van der Waals surface area contributed by atoms with E-state index in [9.17, 15) is 4.79 Å². The van der Waals surface area contributed by atoms with Gasteiger partial charge in [0, 0.05) is 35.6 Å². The molecule has 0 saturated carbocycles. The standard InChI is InChI=1S/C30H30BrN3O2/c1-2-9-22-10-3-6-13-28(22)36-19-8-7-18-33-27-12-5-4-11-26(27)32-30(33)23-20-29(35)34(21-23)25-16-14-24(31)15-17-25/h2-6,10-17,23H,1,7-9,18-21H2. The van der Waals surface area contributed by atoms with Crippen LogP contribution in [0, 0.1) is 0 Å². The van der Waals surface area contributed by atoms with Crippen molar-refractivity contribution in [1.82, 2.24) is 9.55 Å². The minimum Gasteiger partial charge on any atom is -0.493 e. The Kier molecular flexibility index (Phi) is 7.52. The van der Waals surface area contributed by atoms with Gasteiger partial charge in [0.05, 0.1) is 17.6 Å². The van der Waals surface area contributed by atoms with E-state index in [1.165, 1.54) is 0 Å². The Morgan fingerprint density at radius 1 is 1.03 bits per heavy atom. The number of benzene rings is 3. The number of amides is 1. The van der Waals surface area contributed by atoms with Gasteiger partial charge in [-0.05, 0) is 67.3 Å². The molecule has 0 spiro atoms. The third-order valence-electron chi connectivity index (χ3n) is 6.68. The van der Waals surface area contributed by atoms with Crippen LogP contribution in [0.1, 0.15) is 36.6 Å². The number of halogens is 1. The zero-order chi connectivity index (χ0) is 24.9. The van der Waals surface area contributed by atoms with Crippen molar-refractivity contribution in [3.63, 3.8) is 0 Å². The number of carbonyl (C=O) groups excluding carboxylic acids is 1. The van der Waals surface area contributed by atoms with Crippen LogP contribution in [0.3, 0.4) is 0 Å². The molecule has 0 N–H and O–H groups in total. The van der Waals surface area contributed by atoms with Crippen LogP contribution in [0.2, 0.25) is 0 Å². The lowest BCUT2D eigenvalue weighted by Crippen LogP contribution is -2.24. The molecule has 1 fully saturated rings. The van der Waals surface area contributed by atoms with Gasteiger partial charge < -0.3 is 14.2 Å². The number of rotatable bonds is 10. The molecule has 1 aliphatic heterocycles. The highest BCUT2D eigenvalue weighted by Gasteiger charge is 2.34. The highest BCUT2D eigenvalue weighted by molar-refractivity contribution is 9.10. The number of anilines is 1. The summed E-state index contributed by atoms with van der Waals surface area (Å²) in [6.07, 6.45) is 5.08. The second-order valence-electron chi connectivity index (χ2n) is 9.15. The average Bonchev–Trinajstić information content (AvgIpc) is 3.46. The number of aryl methyl sites for hydroxylation is 1. The fourth-order valence-corrected chi connectivity index (χ4v) is 5.18. The zero-order valence-electron chi connectivity index (χ0n) is 20.3. The maximum atomic E-state index is 12.9. The first kappa shape index (κ1) is 24.3. The fraction of sp³-hybridized carbons (Fsp3) is 0.267. The van der Waals surface area contributed by atoms with Crippen LogP contribution < -0.4 is 9.64 Å². The number of hydrogen-bond donors (Lipinski definition) is 0. The molecule has 5 nitrogen and oxygen atoms in total. The van der Waals surface area contributed by atoms with E-state index >= 15 is 0 Å². The van der Waals surface area contributed by atoms with Crippen LogP contribution in [0.15, 0.2) is 89.9 Å². The Morgan fingerprint density at radius 3 is 2.64 bits per heavy atom. The average molecular weight is 544 g/mol. The normalized spacial score (nSPS) is 15.5. The van der Waals surface area contributed by atoms with E-state index in [2.05, 4.69) is 51.3 Å². The highest BCUT2D eigenvalue weighted by Crippen LogP contribution is 2.34. The topological polar surface area (TPSA) is 47.4 Å².